The first-order valence-corrected chi connectivity index (χ1v) is 9.82. The van der Waals surface area contributed by atoms with Crippen molar-refractivity contribution >= 4 is 10.9 Å². The fourth-order valence-electron chi connectivity index (χ4n) is 4.27. The Balaban J connectivity index is 1.60. The highest BCUT2D eigenvalue weighted by atomic mass is 19.1. The van der Waals surface area contributed by atoms with E-state index in [2.05, 4.69) is 27.9 Å². The molecule has 0 saturated carbocycles. The van der Waals surface area contributed by atoms with Gasteiger partial charge in [0.1, 0.15) is 11.4 Å². The summed E-state index contributed by atoms with van der Waals surface area (Å²) in [7, 11) is 1.52. The molecule has 0 amide bonds. The Morgan fingerprint density at radius 1 is 1.34 bits per heavy atom. The Bertz CT molecular complexity index is 1040. The third kappa shape index (κ3) is 3.87. The molecule has 1 saturated heterocycles. The molecule has 2 atom stereocenters. The van der Waals surface area contributed by atoms with Gasteiger partial charge in [-0.3, -0.25) is 4.90 Å². The largest absolute Gasteiger partial charge is 0.497 e. The summed E-state index contributed by atoms with van der Waals surface area (Å²) in [6, 6.07) is 13.5. The molecule has 1 aliphatic heterocycles. The van der Waals surface area contributed by atoms with Crippen LogP contribution < -0.4 is 4.74 Å². The van der Waals surface area contributed by atoms with Crippen LogP contribution in [0.5, 0.6) is 5.75 Å². The summed E-state index contributed by atoms with van der Waals surface area (Å²) in [5.41, 5.74) is 1.44. The second-order valence-electron chi connectivity index (χ2n) is 7.79. The van der Waals surface area contributed by atoms with Crippen molar-refractivity contribution in [3.63, 3.8) is 0 Å². The van der Waals surface area contributed by atoms with Crippen molar-refractivity contribution in [3.8, 4) is 18.1 Å². The summed E-state index contributed by atoms with van der Waals surface area (Å²) in [5.74, 6) is 2.59. The van der Waals surface area contributed by atoms with Crippen LogP contribution in [0.15, 0.2) is 48.7 Å². The number of aliphatic hydroxyl groups is 1. The average Bonchev–Trinajstić information content (AvgIpc) is 3.14. The molecule has 0 radical (unpaired) electrons. The fourth-order valence-corrected chi connectivity index (χ4v) is 4.27. The smallest absolute Gasteiger partial charge is 0.150 e. The number of rotatable bonds is 5. The molecule has 4 rings (SSSR count). The second kappa shape index (κ2) is 7.90. The standard InChI is InChI=1S/C24H25FN2O2/c1-3-24(28)9-10-27(15-17-7-5-4-6-8-17)16-19(24)11-18-14-26-23-21(18)12-20(29-2)13-22(23)25/h1,4-8,12-14,19,26,28H,9-11,15-16H2,2H3. The average molecular weight is 392 g/mol. The molecule has 2 heterocycles. The van der Waals surface area contributed by atoms with E-state index in [9.17, 15) is 9.50 Å². The predicted molar refractivity (Wildman–Crippen MR) is 112 cm³/mol. The zero-order chi connectivity index (χ0) is 20.4. The Morgan fingerprint density at radius 2 is 2.14 bits per heavy atom. The first-order valence-electron chi connectivity index (χ1n) is 9.82. The molecular weight excluding hydrogens is 367 g/mol. The lowest BCUT2D eigenvalue weighted by atomic mass is 9.78. The van der Waals surface area contributed by atoms with Gasteiger partial charge in [-0.1, -0.05) is 36.3 Å². The van der Waals surface area contributed by atoms with Crippen LogP contribution in [0.3, 0.4) is 0 Å². The number of nitrogens with one attached hydrogen (secondary N) is 1. The molecule has 1 aliphatic rings. The molecule has 3 aromatic rings. The number of aromatic amines is 1. The molecule has 150 valence electrons. The number of halogens is 1. The van der Waals surface area contributed by atoms with Gasteiger partial charge in [0.15, 0.2) is 5.82 Å². The summed E-state index contributed by atoms with van der Waals surface area (Å²) in [5, 5.41) is 11.8. The number of ether oxygens (including phenoxy) is 1. The zero-order valence-corrected chi connectivity index (χ0v) is 16.5. The number of benzene rings is 2. The number of H-pyrrole nitrogens is 1. The van der Waals surface area contributed by atoms with Crippen LogP contribution in [0.4, 0.5) is 4.39 Å². The molecule has 5 heteroatoms. The fraction of sp³-hybridized carbons (Fsp3) is 0.333. The molecule has 1 fully saturated rings. The van der Waals surface area contributed by atoms with Crippen LogP contribution in [-0.4, -0.2) is 40.8 Å². The number of methoxy groups -OCH3 is 1. The number of terminal acetylenes is 1. The Hall–Kier alpha value is -2.81. The van der Waals surface area contributed by atoms with Gasteiger partial charge in [0.25, 0.3) is 0 Å². The van der Waals surface area contributed by atoms with E-state index in [1.807, 2.05) is 24.3 Å². The quantitative estimate of drug-likeness (QED) is 0.651. The van der Waals surface area contributed by atoms with Gasteiger partial charge in [0, 0.05) is 49.6 Å². The van der Waals surface area contributed by atoms with Crippen LogP contribution in [0.2, 0.25) is 0 Å². The first kappa shape index (κ1) is 19.5. The van der Waals surface area contributed by atoms with Crippen LogP contribution >= 0.6 is 0 Å². The molecule has 2 aromatic carbocycles. The van der Waals surface area contributed by atoms with E-state index in [4.69, 9.17) is 11.2 Å². The van der Waals surface area contributed by atoms with Crippen molar-refractivity contribution in [2.24, 2.45) is 5.92 Å². The van der Waals surface area contributed by atoms with E-state index in [0.29, 0.717) is 30.7 Å². The maximum atomic E-state index is 14.3. The van der Waals surface area contributed by atoms with Crippen LogP contribution in [0.1, 0.15) is 17.5 Å². The van der Waals surface area contributed by atoms with Crippen molar-refractivity contribution in [1.82, 2.24) is 9.88 Å². The molecule has 0 aliphatic carbocycles. The van der Waals surface area contributed by atoms with Gasteiger partial charge < -0.3 is 14.8 Å². The lowest BCUT2D eigenvalue weighted by molar-refractivity contribution is -0.0289. The van der Waals surface area contributed by atoms with Crippen molar-refractivity contribution in [3.05, 3.63) is 65.6 Å². The predicted octanol–water partition coefficient (Wildman–Crippen LogP) is 3.74. The molecule has 2 N–H and O–H groups in total. The monoisotopic (exact) mass is 392 g/mol. The highest BCUT2D eigenvalue weighted by Gasteiger charge is 2.40. The van der Waals surface area contributed by atoms with Crippen LogP contribution in [0, 0.1) is 24.1 Å². The van der Waals surface area contributed by atoms with E-state index < -0.39 is 5.60 Å². The molecule has 2 unspecified atom stereocenters. The number of nitrogens with zero attached hydrogens (tertiary/aromatic N) is 1. The minimum absolute atomic E-state index is 0.154. The third-order valence-electron chi connectivity index (χ3n) is 5.96. The normalized spacial score (nSPS) is 22.5. The van der Waals surface area contributed by atoms with E-state index >= 15 is 0 Å². The van der Waals surface area contributed by atoms with Gasteiger partial charge >= 0.3 is 0 Å². The lowest BCUT2D eigenvalue weighted by Gasteiger charge is -2.42. The summed E-state index contributed by atoms with van der Waals surface area (Å²) < 4.78 is 19.6. The number of likely N-dealkylation sites (tertiary alicyclic amines) is 1. The van der Waals surface area contributed by atoms with Crippen LogP contribution in [0.25, 0.3) is 10.9 Å². The lowest BCUT2D eigenvalue weighted by Crippen LogP contribution is -2.51. The van der Waals surface area contributed by atoms with Crippen molar-refractivity contribution in [2.45, 2.75) is 25.0 Å². The summed E-state index contributed by atoms with van der Waals surface area (Å²) in [6.45, 7) is 2.23. The minimum atomic E-state index is -1.17. The van der Waals surface area contributed by atoms with Gasteiger partial charge in [-0.25, -0.2) is 4.39 Å². The Morgan fingerprint density at radius 3 is 2.86 bits per heavy atom. The highest BCUT2D eigenvalue weighted by Crippen LogP contribution is 2.34. The second-order valence-corrected chi connectivity index (χ2v) is 7.79. The summed E-state index contributed by atoms with van der Waals surface area (Å²) >= 11 is 0. The minimum Gasteiger partial charge on any atom is -0.497 e. The Kier molecular flexibility index (Phi) is 5.31. The highest BCUT2D eigenvalue weighted by molar-refractivity contribution is 5.85. The van der Waals surface area contributed by atoms with E-state index in [-0.39, 0.29) is 11.7 Å². The van der Waals surface area contributed by atoms with Crippen molar-refractivity contribution < 1.29 is 14.2 Å². The van der Waals surface area contributed by atoms with E-state index in [1.54, 1.807) is 6.20 Å². The molecule has 1 aromatic heterocycles. The van der Waals surface area contributed by atoms with Gasteiger partial charge in [-0.05, 0) is 23.6 Å². The van der Waals surface area contributed by atoms with E-state index in [0.717, 1.165) is 24.0 Å². The van der Waals surface area contributed by atoms with Gasteiger partial charge in [-0.15, -0.1) is 6.42 Å². The SMILES string of the molecule is C#CC1(O)CCN(Cc2ccccc2)CC1Cc1c[nH]c2c(F)cc(OC)cc12. The zero-order valence-electron chi connectivity index (χ0n) is 16.5. The maximum Gasteiger partial charge on any atom is 0.150 e. The third-order valence-corrected chi connectivity index (χ3v) is 5.96. The molecule has 29 heavy (non-hydrogen) atoms. The summed E-state index contributed by atoms with van der Waals surface area (Å²) in [6.07, 6.45) is 8.61. The molecule has 4 nitrogen and oxygen atoms in total. The van der Waals surface area contributed by atoms with Crippen LogP contribution in [-0.2, 0) is 13.0 Å². The molecular formula is C24H25FN2O2. The molecule has 0 spiro atoms. The van der Waals surface area contributed by atoms with Gasteiger partial charge in [-0.2, -0.15) is 0 Å². The Labute approximate surface area is 170 Å². The van der Waals surface area contributed by atoms with Crippen molar-refractivity contribution in [1.29, 1.82) is 0 Å². The van der Waals surface area contributed by atoms with E-state index in [1.165, 1.54) is 18.7 Å². The number of piperidine rings is 1. The summed E-state index contributed by atoms with van der Waals surface area (Å²) in [4.78, 5) is 5.34. The number of hydrogen-bond donors (Lipinski definition) is 2. The van der Waals surface area contributed by atoms with Gasteiger partial charge in [0.2, 0.25) is 0 Å². The number of aromatic nitrogens is 1. The molecule has 0 bridgehead atoms. The number of hydrogen-bond acceptors (Lipinski definition) is 3. The van der Waals surface area contributed by atoms with Crippen molar-refractivity contribution in [2.75, 3.05) is 20.2 Å². The topological polar surface area (TPSA) is 48.5 Å². The maximum absolute atomic E-state index is 14.3. The van der Waals surface area contributed by atoms with Gasteiger partial charge in [0.05, 0.1) is 12.6 Å². The first-order chi connectivity index (χ1) is 14.0. The number of fused-ring (bicyclic) bond motifs is 1.